The number of aromatic nitrogens is 1. The first-order valence-corrected chi connectivity index (χ1v) is 9.12. The highest BCUT2D eigenvalue weighted by Gasteiger charge is 2.41. The largest absolute Gasteiger partial charge is 0.335 e. The number of carbonyl (C=O) groups excluding carboxylic acids is 1. The Kier molecular flexibility index (Phi) is 4.14. The van der Waals surface area contributed by atoms with Crippen molar-refractivity contribution in [2.24, 2.45) is 5.92 Å². The fraction of sp³-hybridized carbons (Fsp3) is 0.444. The van der Waals surface area contributed by atoms with Crippen LogP contribution < -0.4 is 0 Å². The third kappa shape index (κ3) is 3.16. The van der Waals surface area contributed by atoms with Crippen LogP contribution in [0.5, 0.6) is 0 Å². The first kappa shape index (κ1) is 14.8. The molecule has 1 amide bonds. The van der Waals surface area contributed by atoms with Gasteiger partial charge in [0.2, 0.25) is 5.91 Å². The monoisotopic (exact) mass is 327 g/mol. The summed E-state index contributed by atoms with van der Waals surface area (Å²) in [5, 5.41) is 2.11. The van der Waals surface area contributed by atoms with Gasteiger partial charge in [-0.25, -0.2) is 0 Å². The van der Waals surface area contributed by atoms with Crippen LogP contribution in [0.2, 0.25) is 0 Å². The molecule has 2 aromatic heterocycles. The van der Waals surface area contributed by atoms with Crippen molar-refractivity contribution in [2.45, 2.75) is 32.0 Å². The molecule has 23 heavy (non-hydrogen) atoms. The van der Waals surface area contributed by atoms with Crippen molar-refractivity contribution in [1.82, 2.24) is 14.8 Å². The average Bonchev–Trinajstić information content (AvgIpc) is 3.08. The van der Waals surface area contributed by atoms with Crippen LogP contribution in [0.1, 0.15) is 23.4 Å². The summed E-state index contributed by atoms with van der Waals surface area (Å²) < 4.78 is 0. The van der Waals surface area contributed by atoms with Gasteiger partial charge in [0.25, 0.3) is 0 Å². The molecule has 0 saturated carbocycles. The predicted molar refractivity (Wildman–Crippen MR) is 90.9 cm³/mol. The highest BCUT2D eigenvalue weighted by Crippen LogP contribution is 2.32. The Hall–Kier alpha value is -1.72. The van der Waals surface area contributed by atoms with Gasteiger partial charge in [0.05, 0.1) is 18.3 Å². The number of hydrogen-bond donors (Lipinski definition) is 0. The van der Waals surface area contributed by atoms with Crippen LogP contribution in [0.4, 0.5) is 0 Å². The van der Waals surface area contributed by atoms with E-state index in [0.29, 0.717) is 12.5 Å². The van der Waals surface area contributed by atoms with Crippen molar-refractivity contribution in [2.75, 3.05) is 13.1 Å². The van der Waals surface area contributed by atoms with E-state index in [1.54, 1.807) is 17.5 Å². The Balaban J connectivity index is 1.49. The number of rotatable bonds is 4. The number of thiophene rings is 1. The van der Waals surface area contributed by atoms with E-state index in [9.17, 15) is 4.79 Å². The Labute approximate surface area is 140 Å². The molecule has 2 aromatic rings. The lowest BCUT2D eigenvalue weighted by atomic mass is 9.85. The minimum absolute atomic E-state index is 0.0494. The van der Waals surface area contributed by atoms with Crippen LogP contribution in [-0.4, -0.2) is 39.8 Å². The lowest BCUT2D eigenvalue weighted by Gasteiger charge is -2.46. The summed E-state index contributed by atoms with van der Waals surface area (Å²) in [6, 6.07) is 10.2. The predicted octanol–water partition coefficient (Wildman–Crippen LogP) is 2.77. The smallest absolute Gasteiger partial charge is 0.240 e. The fourth-order valence-electron chi connectivity index (χ4n) is 3.74. The average molecular weight is 327 g/mol. The van der Waals surface area contributed by atoms with Crippen LogP contribution in [0.15, 0.2) is 41.9 Å². The molecule has 2 aliphatic heterocycles. The molecule has 0 unspecified atom stereocenters. The van der Waals surface area contributed by atoms with Gasteiger partial charge in [-0.05, 0) is 48.9 Å². The summed E-state index contributed by atoms with van der Waals surface area (Å²) in [5.74, 6) is 0.921. The van der Waals surface area contributed by atoms with E-state index in [0.717, 1.165) is 31.7 Å². The van der Waals surface area contributed by atoms with Crippen LogP contribution in [-0.2, 0) is 17.9 Å². The van der Waals surface area contributed by atoms with E-state index in [1.807, 2.05) is 23.1 Å². The van der Waals surface area contributed by atoms with E-state index < -0.39 is 0 Å². The van der Waals surface area contributed by atoms with E-state index in [-0.39, 0.29) is 11.9 Å². The highest BCUT2D eigenvalue weighted by molar-refractivity contribution is 7.09. The van der Waals surface area contributed by atoms with E-state index >= 15 is 0 Å². The highest BCUT2D eigenvalue weighted by atomic mass is 32.1. The number of nitrogens with zero attached hydrogens (tertiary/aromatic N) is 3. The molecule has 4 nitrogen and oxygen atoms in total. The van der Waals surface area contributed by atoms with E-state index in [4.69, 9.17) is 0 Å². The Morgan fingerprint density at radius 1 is 1.22 bits per heavy atom. The normalized spacial score (nSPS) is 24.9. The van der Waals surface area contributed by atoms with Crippen molar-refractivity contribution in [3.8, 4) is 0 Å². The van der Waals surface area contributed by atoms with Gasteiger partial charge in [-0.3, -0.25) is 14.7 Å². The molecule has 120 valence electrons. The molecule has 2 saturated heterocycles. The minimum Gasteiger partial charge on any atom is -0.335 e. The van der Waals surface area contributed by atoms with Crippen molar-refractivity contribution in [3.63, 3.8) is 0 Å². The fourth-order valence-corrected chi connectivity index (χ4v) is 4.47. The Morgan fingerprint density at radius 3 is 2.96 bits per heavy atom. The van der Waals surface area contributed by atoms with Crippen molar-refractivity contribution < 1.29 is 4.79 Å². The molecule has 5 heteroatoms. The maximum Gasteiger partial charge on any atom is 0.240 e. The van der Waals surface area contributed by atoms with Crippen LogP contribution in [0, 0.1) is 5.92 Å². The zero-order chi connectivity index (χ0) is 15.6. The number of fused-ring (bicyclic) bond motifs is 2. The molecule has 2 bridgehead atoms. The molecule has 4 heterocycles. The molecule has 2 fully saturated rings. The maximum atomic E-state index is 12.9. The van der Waals surface area contributed by atoms with Gasteiger partial charge in [-0.2, -0.15) is 0 Å². The summed E-state index contributed by atoms with van der Waals surface area (Å²) >= 11 is 1.78. The summed E-state index contributed by atoms with van der Waals surface area (Å²) in [5.41, 5.74) is 0.977. The van der Waals surface area contributed by atoms with Crippen LogP contribution in [0.25, 0.3) is 0 Å². The van der Waals surface area contributed by atoms with Gasteiger partial charge in [0.1, 0.15) is 0 Å². The molecule has 0 aromatic carbocycles. The minimum atomic E-state index is 0.0494. The first-order valence-electron chi connectivity index (χ1n) is 8.25. The quantitative estimate of drug-likeness (QED) is 0.866. The summed E-state index contributed by atoms with van der Waals surface area (Å²) in [6.07, 6.45) is 4.00. The van der Waals surface area contributed by atoms with Crippen molar-refractivity contribution in [3.05, 3.63) is 52.5 Å². The molecular weight excluding hydrogens is 306 g/mol. The number of amides is 1. The molecule has 4 rings (SSSR count). The number of pyridine rings is 1. The van der Waals surface area contributed by atoms with E-state index in [1.165, 1.54) is 11.3 Å². The number of piperidine rings is 2. The summed E-state index contributed by atoms with van der Waals surface area (Å²) in [6.45, 7) is 3.47. The van der Waals surface area contributed by atoms with Gasteiger partial charge >= 0.3 is 0 Å². The van der Waals surface area contributed by atoms with Gasteiger partial charge < -0.3 is 4.90 Å². The second kappa shape index (κ2) is 6.42. The van der Waals surface area contributed by atoms with Crippen LogP contribution in [0.3, 0.4) is 0 Å². The van der Waals surface area contributed by atoms with Gasteiger partial charge in [-0.15, -0.1) is 11.3 Å². The number of likely N-dealkylation sites (tertiary alicyclic amines) is 2. The third-order valence-electron chi connectivity index (χ3n) is 4.92. The Morgan fingerprint density at radius 2 is 2.17 bits per heavy atom. The van der Waals surface area contributed by atoms with E-state index in [2.05, 4.69) is 27.4 Å². The van der Waals surface area contributed by atoms with Crippen molar-refractivity contribution in [1.29, 1.82) is 0 Å². The molecule has 0 radical (unpaired) electrons. The molecule has 2 atom stereocenters. The Bertz CT molecular complexity index is 658. The third-order valence-corrected chi connectivity index (χ3v) is 5.78. The van der Waals surface area contributed by atoms with Gasteiger partial charge in [0, 0.05) is 24.2 Å². The van der Waals surface area contributed by atoms with Gasteiger partial charge in [0.15, 0.2) is 0 Å². The molecule has 0 N–H and O–H groups in total. The number of carbonyl (C=O) groups is 1. The lowest BCUT2D eigenvalue weighted by molar-refractivity contribution is -0.146. The number of hydrogen-bond acceptors (Lipinski definition) is 4. The second-order valence-corrected chi connectivity index (χ2v) is 7.53. The summed E-state index contributed by atoms with van der Waals surface area (Å²) in [4.78, 5) is 23.0. The van der Waals surface area contributed by atoms with Gasteiger partial charge in [-0.1, -0.05) is 12.1 Å². The zero-order valence-electron chi connectivity index (χ0n) is 13.1. The second-order valence-electron chi connectivity index (χ2n) is 6.50. The topological polar surface area (TPSA) is 36.4 Å². The SMILES string of the molecule is O=C1[C@H]2C[C@H](CCN2Cc2cccs2)CN1Cc1ccccn1. The zero-order valence-corrected chi connectivity index (χ0v) is 13.9. The standard InChI is InChI=1S/C18H21N3OS/c22-18-17-10-14(6-8-20(17)13-16-5-3-9-23-16)11-21(18)12-15-4-1-2-7-19-15/h1-5,7,9,14,17H,6,8,10-13H2/t14-,17+/m0/s1. The lowest BCUT2D eigenvalue weighted by Crippen LogP contribution is -2.58. The van der Waals surface area contributed by atoms with Crippen molar-refractivity contribution >= 4 is 17.2 Å². The first-order chi connectivity index (χ1) is 11.3. The molecule has 0 aliphatic carbocycles. The molecule has 2 aliphatic rings. The maximum absolute atomic E-state index is 12.9. The van der Waals surface area contributed by atoms with Crippen LogP contribution >= 0.6 is 11.3 Å². The molecular formula is C18H21N3OS. The summed E-state index contributed by atoms with van der Waals surface area (Å²) in [7, 11) is 0. The molecule has 0 spiro atoms.